The maximum Gasteiger partial charge on any atom is 0.244 e. The van der Waals surface area contributed by atoms with Gasteiger partial charge in [-0.2, -0.15) is 4.98 Å². The lowest BCUT2D eigenvalue weighted by Gasteiger charge is -2.27. The summed E-state index contributed by atoms with van der Waals surface area (Å²) >= 11 is 0. The number of amides is 1. The van der Waals surface area contributed by atoms with E-state index in [0.717, 1.165) is 19.4 Å². The Morgan fingerprint density at radius 3 is 3.00 bits per heavy atom. The number of carbonyl (C=O) groups is 1. The molecule has 1 aromatic heterocycles. The van der Waals surface area contributed by atoms with Crippen LogP contribution in [0, 0.1) is 0 Å². The van der Waals surface area contributed by atoms with Crippen LogP contribution in [0.1, 0.15) is 12.8 Å². The number of aliphatic hydroxyl groups excluding tert-OH is 1. The van der Waals surface area contributed by atoms with Gasteiger partial charge >= 0.3 is 0 Å². The van der Waals surface area contributed by atoms with Crippen molar-refractivity contribution in [2.45, 2.75) is 18.9 Å². The van der Waals surface area contributed by atoms with Crippen LogP contribution >= 0.6 is 0 Å². The molecular weight excluding hydrogens is 272 g/mol. The maximum absolute atomic E-state index is 12.2. The summed E-state index contributed by atoms with van der Waals surface area (Å²) in [6.07, 6.45) is 1.76. The average Bonchev–Trinajstić information content (AvgIpc) is 2.94. The Hall–Kier alpha value is -2.02. The van der Waals surface area contributed by atoms with Gasteiger partial charge in [0.1, 0.15) is 18.5 Å². The third kappa shape index (κ3) is 3.36. The smallest absolute Gasteiger partial charge is 0.244 e. The molecule has 7 heteroatoms. The number of ether oxygens (including phenoxy) is 1. The molecule has 0 radical (unpaired) electrons. The van der Waals surface area contributed by atoms with Gasteiger partial charge < -0.3 is 25.4 Å². The molecule has 2 rings (SSSR count). The number of pyridine rings is 1. The molecule has 0 bridgehead atoms. The zero-order valence-electron chi connectivity index (χ0n) is 12.5. The Balaban J connectivity index is 2.22. The van der Waals surface area contributed by atoms with Crippen molar-refractivity contribution in [2.75, 3.05) is 44.5 Å². The van der Waals surface area contributed by atoms with Gasteiger partial charge in [-0.05, 0) is 25.0 Å². The van der Waals surface area contributed by atoms with E-state index in [0.29, 0.717) is 17.4 Å². The van der Waals surface area contributed by atoms with Crippen LogP contribution in [0.5, 0.6) is 5.88 Å². The largest absolute Gasteiger partial charge is 0.474 e. The lowest BCUT2D eigenvalue weighted by Crippen LogP contribution is -2.43. The molecule has 0 spiro atoms. The van der Waals surface area contributed by atoms with Crippen LogP contribution in [0.25, 0.3) is 0 Å². The normalized spacial score (nSPS) is 17.9. The second-order valence-electron chi connectivity index (χ2n) is 5.22. The number of nitrogen functional groups attached to an aromatic ring is 1. The minimum atomic E-state index is -0.193. The summed E-state index contributed by atoms with van der Waals surface area (Å²) < 4.78 is 5.32. The minimum Gasteiger partial charge on any atom is -0.474 e. The summed E-state index contributed by atoms with van der Waals surface area (Å²) in [5.74, 6) is 1.04. The first-order valence-electron chi connectivity index (χ1n) is 7.02. The van der Waals surface area contributed by atoms with Crippen LogP contribution < -0.4 is 15.4 Å². The quantitative estimate of drug-likeness (QED) is 0.800. The van der Waals surface area contributed by atoms with E-state index in [-0.39, 0.29) is 25.2 Å². The molecule has 1 atom stereocenters. The van der Waals surface area contributed by atoms with Crippen LogP contribution in [-0.4, -0.2) is 60.8 Å². The predicted octanol–water partition coefficient (Wildman–Crippen LogP) is 0.0919. The highest BCUT2D eigenvalue weighted by Crippen LogP contribution is 2.29. The Morgan fingerprint density at radius 1 is 1.57 bits per heavy atom. The fourth-order valence-corrected chi connectivity index (χ4v) is 2.46. The van der Waals surface area contributed by atoms with Crippen molar-refractivity contribution in [1.29, 1.82) is 0 Å². The molecule has 2 heterocycles. The van der Waals surface area contributed by atoms with Gasteiger partial charge in [0.15, 0.2) is 0 Å². The highest BCUT2D eigenvalue weighted by Gasteiger charge is 2.32. The number of hydrogen-bond donors (Lipinski definition) is 2. The molecule has 7 nitrogen and oxygen atoms in total. The zero-order valence-corrected chi connectivity index (χ0v) is 12.5. The Kier molecular flexibility index (Phi) is 4.85. The van der Waals surface area contributed by atoms with E-state index < -0.39 is 0 Å². The van der Waals surface area contributed by atoms with Crippen molar-refractivity contribution < 1.29 is 14.6 Å². The number of aliphatic hydroxyl groups is 1. The first-order valence-corrected chi connectivity index (χ1v) is 7.02. The standard InChI is InChI=1S/C14H22N4O3/c1-17(2)14(20)11-4-3-7-18(11)12-6-5-10(15)13(16-12)21-9-8-19/h5-6,11,19H,3-4,7-9,15H2,1-2H3. The van der Waals surface area contributed by atoms with Gasteiger partial charge in [0.2, 0.25) is 11.8 Å². The van der Waals surface area contributed by atoms with E-state index in [4.69, 9.17) is 15.6 Å². The first kappa shape index (κ1) is 15.4. The molecule has 0 saturated carbocycles. The zero-order chi connectivity index (χ0) is 15.4. The maximum atomic E-state index is 12.2. The van der Waals surface area contributed by atoms with Gasteiger partial charge in [-0.1, -0.05) is 0 Å². The molecule has 0 aliphatic carbocycles. The van der Waals surface area contributed by atoms with Crippen LogP contribution in [-0.2, 0) is 4.79 Å². The third-order valence-corrected chi connectivity index (χ3v) is 3.48. The summed E-state index contributed by atoms with van der Waals surface area (Å²) in [7, 11) is 3.51. The van der Waals surface area contributed by atoms with Gasteiger partial charge in [0.25, 0.3) is 0 Å². The van der Waals surface area contributed by atoms with Gasteiger partial charge in [-0.15, -0.1) is 0 Å². The van der Waals surface area contributed by atoms with Crippen molar-refractivity contribution in [1.82, 2.24) is 9.88 Å². The van der Waals surface area contributed by atoms with Crippen molar-refractivity contribution in [3.63, 3.8) is 0 Å². The molecule has 21 heavy (non-hydrogen) atoms. The predicted molar refractivity (Wildman–Crippen MR) is 80.3 cm³/mol. The monoisotopic (exact) mass is 294 g/mol. The molecule has 0 aromatic carbocycles. The topological polar surface area (TPSA) is 91.9 Å². The third-order valence-electron chi connectivity index (χ3n) is 3.48. The van der Waals surface area contributed by atoms with E-state index in [1.54, 1.807) is 31.1 Å². The van der Waals surface area contributed by atoms with Crippen LogP contribution in [0.3, 0.4) is 0 Å². The highest BCUT2D eigenvalue weighted by molar-refractivity contribution is 5.85. The van der Waals surface area contributed by atoms with E-state index in [1.807, 2.05) is 4.90 Å². The molecule has 1 aliphatic heterocycles. The molecule has 1 aromatic rings. The van der Waals surface area contributed by atoms with Gasteiger partial charge in [0, 0.05) is 20.6 Å². The molecule has 1 unspecified atom stereocenters. The molecular formula is C14H22N4O3. The van der Waals surface area contributed by atoms with E-state index in [1.165, 1.54) is 0 Å². The second kappa shape index (κ2) is 6.62. The number of carbonyl (C=O) groups excluding carboxylic acids is 1. The number of anilines is 2. The fourth-order valence-electron chi connectivity index (χ4n) is 2.46. The van der Waals surface area contributed by atoms with Crippen molar-refractivity contribution >= 4 is 17.4 Å². The summed E-state index contributed by atoms with van der Waals surface area (Å²) in [5.41, 5.74) is 6.23. The molecule has 1 amide bonds. The summed E-state index contributed by atoms with van der Waals surface area (Å²) in [4.78, 5) is 20.2. The van der Waals surface area contributed by atoms with Crippen molar-refractivity contribution in [2.24, 2.45) is 0 Å². The molecule has 116 valence electrons. The average molecular weight is 294 g/mol. The molecule has 1 saturated heterocycles. The lowest BCUT2D eigenvalue weighted by atomic mass is 10.2. The van der Waals surface area contributed by atoms with Gasteiger partial charge in [-0.25, -0.2) is 0 Å². The number of nitrogens with zero attached hydrogens (tertiary/aromatic N) is 3. The fraction of sp³-hybridized carbons (Fsp3) is 0.571. The SMILES string of the molecule is CN(C)C(=O)C1CCCN1c1ccc(N)c(OCCO)n1. The van der Waals surface area contributed by atoms with Gasteiger partial charge in [-0.3, -0.25) is 4.79 Å². The van der Waals surface area contributed by atoms with Crippen molar-refractivity contribution in [3.8, 4) is 5.88 Å². The summed E-state index contributed by atoms with van der Waals surface area (Å²) in [6.45, 7) is 0.818. The number of hydrogen-bond acceptors (Lipinski definition) is 6. The Morgan fingerprint density at radius 2 is 2.33 bits per heavy atom. The lowest BCUT2D eigenvalue weighted by molar-refractivity contribution is -0.129. The highest BCUT2D eigenvalue weighted by atomic mass is 16.5. The first-order chi connectivity index (χ1) is 10.0. The second-order valence-corrected chi connectivity index (χ2v) is 5.22. The van der Waals surface area contributed by atoms with E-state index in [2.05, 4.69) is 4.98 Å². The number of rotatable bonds is 5. The Bertz CT molecular complexity index is 507. The summed E-state index contributed by atoms with van der Waals surface area (Å²) in [6, 6.07) is 3.31. The minimum absolute atomic E-state index is 0.0731. The summed E-state index contributed by atoms with van der Waals surface area (Å²) in [5, 5.41) is 8.82. The Labute approximate surface area is 124 Å². The molecule has 1 fully saturated rings. The van der Waals surface area contributed by atoms with Crippen molar-refractivity contribution in [3.05, 3.63) is 12.1 Å². The molecule has 3 N–H and O–H groups in total. The van der Waals surface area contributed by atoms with Crippen LogP contribution in [0.4, 0.5) is 11.5 Å². The van der Waals surface area contributed by atoms with E-state index >= 15 is 0 Å². The van der Waals surface area contributed by atoms with Gasteiger partial charge in [0.05, 0.1) is 12.3 Å². The number of likely N-dealkylation sites (N-methyl/N-ethyl adjacent to an activating group) is 1. The van der Waals surface area contributed by atoms with Crippen LogP contribution in [0.15, 0.2) is 12.1 Å². The number of aromatic nitrogens is 1. The number of nitrogens with two attached hydrogens (primary N) is 1. The van der Waals surface area contributed by atoms with E-state index in [9.17, 15) is 4.79 Å². The molecule has 1 aliphatic rings. The van der Waals surface area contributed by atoms with Crippen LogP contribution in [0.2, 0.25) is 0 Å².